The number of fused-ring (bicyclic) bond motifs is 9. The van der Waals surface area contributed by atoms with Crippen LogP contribution in [0, 0.1) is 0 Å². The lowest BCUT2D eigenvalue weighted by Crippen LogP contribution is -2.12. The summed E-state index contributed by atoms with van der Waals surface area (Å²) in [6, 6.07) is 87.7. The minimum absolute atomic E-state index is 0.881. The summed E-state index contributed by atoms with van der Waals surface area (Å²) in [6.45, 7) is 0. The van der Waals surface area contributed by atoms with E-state index in [2.05, 4.69) is 246 Å². The molecule has 2 heterocycles. The summed E-state index contributed by atoms with van der Waals surface area (Å²) in [6.07, 6.45) is 0. The van der Waals surface area contributed by atoms with E-state index >= 15 is 0 Å². The smallest absolute Gasteiger partial charge is 0.136 e. The first kappa shape index (κ1) is 36.9. The Morgan fingerprint density at radius 2 is 0.862 bits per heavy atom. The molecule has 0 bridgehead atoms. The van der Waals surface area contributed by atoms with Crippen LogP contribution in [0.3, 0.4) is 0 Å². The first-order valence-corrected chi connectivity index (χ1v) is 22.2. The number of nitrogens with zero attached hydrogens (tertiary/aromatic N) is 2. The van der Waals surface area contributed by atoms with Gasteiger partial charge >= 0.3 is 0 Å². The van der Waals surface area contributed by atoms with Gasteiger partial charge in [0.2, 0.25) is 0 Å². The summed E-state index contributed by atoms with van der Waals surface area (Å²) >= 11 is 0. The lowest BCUT2D eigenvalue weighted by molar-refractivity contribution is 0.669. The van der Waals surface area contributed by atoms with Crippen LogP contribution < -0.4 is 4.90 Å². The first-order chi connectivity index (χ1) is 32.2. The average Bonchev–Trinajstić information content (AvgIpc) is 3.93. The highest BCUT2D eigenvalue weighted by Crippen LogP contribution is 2.48. The third-order valence-corrected chi connectivity index (χ3v) is 13.2. The Labute approximate surface area is 376 Å². The van der Waals surface area contributed by atoms with Crippen LogP contribution in [0.4, 0.5) is 17.1 Å². The molecule has 0 saturated carbocycles. The fourth-order valence-electron chi connectivity index (χ4n) is 10.2. The predicted octanol–water partition coefficient (Wildman–Crippen LogP) is 17.5. The maximum Gasteiger partial charge on any atom is 0.136 e. The highest BCUT2D eigenvalue weighted by Gasteiger charge is 2.23. The van der Waals surface area contributed by atoms with Crippen LogP contribution in [0.15, 0.2) is 247 Å². The number of para-hydroxylation sites is 4. The van der Waals surface area contributed by atoms with Crippen molar-refractivity contribution in [2.24, 2.45) is 0 Å². The van der Waals surface area contributed by atoms with Gasteiger partial charge in [0, 0.05) is 43.9 Å². The van der Waals surface area contributed by atoms with Crippen LogP contribution in [0.1, 0.15) is 0 Å². The fourth-order valence-corrected chi connectivity index (χ4v) is 10.2. The van der Waals surface area contributed by atoms with Crippen molar-refractivity contribution in [1.29, 1.82) is 0 Å². The molecule has 304 valence electrons. The van der Waals surface area contributed by atoms with Crippen molar-refractivity contribution in [3.05, 3.63) is 243 Å². The summed E-state index contributed by atoms with van der Waals surface area (Å²) in [5, 5.41) is 9.62. The molecular formula is C62H40N2O. The SMILES string of the molecule is c1cc(-c2ccc(N(c3ccccc3-c3cccc4oc5ccccc5c34)c3cc4ccccc4c4ccccc34)cc2)cc(-c2ccc(-n3c4ccccc4c4ccccc43)cc2)c1. The monoisotopic (exact) mass is 828 g/mol. The molecule has 0 saturated heterocycles. The van der Waals surface area contributed by atoms with Crippen molar-refractivity contribution in [1.82, 2.24) is 4.57 Å². The van der Waals surface area contributed by atoms with Gasteiger partial charge in [-0.25, -0.2) is 0 Å². The van der Waals surface area contributed by atoms with Gasteiger partial charge in [0.25, 0.3) is 0 Å². The molecule has 0 amide bonds. The second-order valence-corrected chi connectivity index (χ2v) is 16.8. The topological polar surface area (TPSA) is 21.3 Å². The number of anilines is 3. The van der Waals surface area contributed by atoms with Gasteiger partial charge in [0.05, 0.1) is 22.4 Å². The Kier molecular flexibility index (Phi) is 8.53. The Balaban J connectivity index is 0.924. The normalized spacial score (nSPS) is 11.7. The molecule has 0 aliphatic rings. The third-order valence-electron chi connectivity index (χ3n) is 13.2. The van der Waals surface area contributed by atoms with E-state index < -0.39 is 0 Å². The van der Waals surface area contributed by atoms with Gasteiger partial charge in [-0.1, -0.05) is 176 Å². The Bertz CT molecular complexity index is 3900. The molecule has 0 N–H and O–H groups in total. The van der Waals surface area contributed by atoms with E-state index in [9.17, 15) is 0 Å². The predicted molar refractivity (Wildman–Crippen MR) is 274 cm³/mol. The number of furan rings is 1. The molecule has 11 aromatic carbocycles. The van der Waals surface area contributed by atoms with Crippen LogP contribution in [-0.2, 0) is 0 Å². The molecule has 0 fully saturated rings. The molecule has 0 spiro atoms. The lowest BCUT2D eigenvalue weighted by atomic mass is 9.95. The molecule has 2 aromatic heterocycles. The molecule has 3 heteroatoms. The van der Waals surface area contributed by atoms with Crippen LogP contribution in [0.2, 0.25) is 0 Å². The molecule has 0 aliphatic carbocycles. The maximum absolute atomic E-state index is 6.42. The van der Waals surface area contributed by atoms with Gasteiger partial charge in [-0.05, 0) is 111 Å². The highest BCUT2D eigenvalue weighted by atomic mass is 16.3. The van der Waals surface area contributed by atoms with E-state index in [1.165, 1.54) is 60.0 Å². The third kappa shape index (κ3) is 6.05. The molecule has 0 unspecified atom stereocenters. The van der Waals surface area contributed by atoms with Crippen LogP contribution in [-0.4, -0.2) is 4.57 Å². The van der Waals surface area contributed by atoms with Gasteiger partial charge in [-0.15, -0.1) is 0 Å². The van der Waals surface area contributed by atoms with Crippen molar-refractivity contribution in [2.75, 3.05) is 4.90 Å². The first-order valence-electron chi connectivity index (χ1n) is 22.2. The van der Waals surface area contributed by atoms with Gasteiger partial charge in [-0.2, -0.15) is 0 Å². The molecule has 65 heavy (non-hydrogen) atoms. The van der Waals surface area contributed by atoms with Crippen molar-refractivity contribution in [2.45, 2.75) is 0 Å². The van der Waals surface area contributed by atoms with E-state index in [1.54, 1.807) is 0 Å². The number of hydrogen-bond acceptors (Lipinski definition) is 2. The molecule has 0 atom stereocenters. The van der Waals surface area contributed by atoms with Crippen molar-refractivity contribution in [3.8, 4) is 39.1 Å². The van der Waals surface area contributed by atoms with Gasteiger partial charge in [0.15, 0.2) is 0 Å². The van der Waals surface area contributed by atoms with E-state index in [1.807, 2.05) is 6.07 Å². The summed E-state index contributed by atoms with van der Waals surface area (Å²) < 4.78 is 8.79. The highest BCUT2D eigenvalue weighted by molar-refractivity contribution is 6.17. The number of hydrogen-bond donors (Lipinski definition) is 0. The minimum atomic E-state index is 0.881. The second-order valence-electron chi connectivity index (χ2n) is 16.8. The van der Waals surface area contributed by atoms with Gasteiger partial charge in [-0.3, -0.25) is 0 Å². The number of aromatic nitrogens is 1. The quantitative estimate of drug-likeness (QED) is 0.149. The van der Waals surface area contributed by atoms with Crippen molar-refractivity contribution >= 4 is 82.4 Å². The Hall–Kier alpha value is -8.66. The zero-order valence-corrected chi connectivity index (χ0v) is 35.4. The van der Waals surface area contributed by atoms with Crippen molar-refractivity contribution in [3.63, 3.8) is 0 Å². The summed E-state index contributed by atoms with van der Waals surface area (Å²) in [4.78, 5) is 2.45. The molecule has 13 aromatic rings. The van der Waals surface area contributed by atoms with E-state index in [0.29, 0.717) is 0 Å². The average molecular weight is 829 g/mol. The lowest BCUT2D eigenvalue weighted by Gasteiger charge is -2.30. The zero-order chi connectivity index (χ0) is 42.8. The summed E-state index contributed by atoms with van der Waals surface area (Å²) in [5.74, 6) is 0. The fraction of sp³-hybridized carbons (Fsp3) is 0. The van der Waals surface area contributed by atoms with Crippen LogP contribution in [0.25, 0.3) is 104 Å². The van der Waals surface area contributed by atoms with Gasteiger partial charge < -0.3 is 13.9 Å². The zero-order valence-electron chi connectivity index (χ0n) is 35.4. The summed E-state index contributed by atoms with van der Waals surface area (Å²) in [5.41, 5.74) is 15.6. The molecule has 0 radical (unpaired) electrons. The largest absolute Gasteiger partial charge is 0.456 e. The molecule has 3 nitrogen and oxygen atoms in total. The van der Waals surface area contributed by atoms with E-state index in [4.69, 9.17) is 4.42 Å². The summed E-state index contributed by atoms with van der Waals surface area (Å²) in [7, 11) is 0. The number of benzene rings is 11. The van der Waals surface area contributed by atoms with E-state index in [0.717, 1.165) is 61.4 Å². The molecular weight excluding hydrogens is 789 g/mol. The Morgan fingerprint density at radius 3 is 1.60 bits per heavy atom. The minimum Gasteiger partial charge on any atom is -0.456 e. The second kappa shape index (κ2) is 15.0. The Morgan fingerprint density at radius 1 is 0.323 bits per heavy atom. The van der Waals surface area contributed by atoms with Crippen LogP contribution >= 0.6 is 0 Å². The number of rotatable bonds is 7. The molecule has 13 rings (SSSR count). The molecule has 0 aliphatic heterocycles. The van der Waals surface area contributed by atoms with Crippen molar-refractivity contribution < 1.29 is 4.42 Å². The van der Waals surface area contributed by atoms with Crippen LogP contribution in [0.5, 0.6) is 0 Å². The van der Waals surface area contributed by atoms with Gasteiger partial charge in [0.1, 0.15) is 11.2 Å². The van der Waals surface area contributed by atoms with E-state index in [-0.39, 0.29) is 0 Å². The maximum atomic E-state index is 6.42. The standard InChI is InChI=1S/C62H40N2O/c1-2-18-48-45(15-1)40-59(50-20-4-3-19-49(48)50)64(58-28-11-7-23-53(58)54-25-14-30-61-62(54)55-24-8-12-29-60(55)65-61)47-37-33-42(34-38-47)44-17-13-16-43(39-44)41-31-35-46(36-32-41)63-56-26-9-5-21-51(56)52-22-6-10-27-57(52)63/h1-40H.